The van der Waals surface area contributed by atoms with Crippen LogP contribution in [0, 0.1) is 16.2 Å². The van der Waals surface area contributed by atoms with Crippen molar-refractivity contribution < 1.29 is 14.3 Å². The molecule has 0 aromatic carbocycles. The Morgan fingerprint density at radius 3 is 1.45 bits per heavy atom. The van der Waals surface area contributed by atoms with E-state index in [-0.39, 0.29) is 11.8 Å². The molecule has 0 rings (SSSR count). The van der Waals surface area contributed by atoms with Gasteiger partial charge in [0.25, 0.3) is 0 Å². The summed E-state index contributed by atoms with van der Waals surface area (Å²) in [5, 5.41) is 0. The zero-order chi connectivity index (χ0) is 16.6. The second-order valence-electron chi connectivity index (χ2n) is 9.04. The van der Waals surface area contributed by atoms with E-state index in [1.165, 1.54) is 0 Å². The molecule has 0 aliphatic rings. The van der Waals surface area contributed by atoms with Gasteiger partial charge in [0, 0.05) is 10.8 Å². The Labute approximate surface area is 124 Å². The van der Waals surface area contributed by atoms with E-state index < -0.39 is 21.8 Å². The van der Waals surface area contributed by atoms with Gasteiger partial charge in [0.1, 0.15) is 11.4 Å². The maximum absolute atomic E-state index is 12.5. The van der Waals surface area contributed by atoms with Crippen LogP contribution in [-0.2, 0) is 14.3 Å². The Morgan fingerprint density at radius 2 is 1.15 bits per heavy atom. The normalized spacial score (nSPS) is 14.1. The van der Waals surface area contributed by atoms with Gasteiger partial charge in [-0.1, -0.05) is 34.6 Å². The van der Waals surface area contributed by atoms with Crippen LogP contribution >= 0.6 is 0 Å². The molecule has 0 spiro atoms. The summed E-state index contributed by atoms with van der Waals surface area (Å²) in [5.74, 6) is -0.0496. The van der Waals surface area contributed by atoms with Crippen LogP contribution in [0.5, 0.6) is 0 Å². The number of ketones is 1. The highest BCUT2D eigenvalue weighted by Gasteiger charge is 2.42. The number of rotatable bonds is 4. The van der Waals surface area contributed by atoms with Crippen LogP contribution in [-0.4, -0.2) is 17.4 Å². The van der Waals surface area contributed by atoms with Crippen molar-refractivity contribution in [3.05, 3.63) is 0 Å². The molecule has 118 valence electrons. The maximum atomic E-state index is 12.5. The number of carbonyl (C=O) groups is 2. The average molecular weight is 284 g/mol. The van der Waals surface area contributed by atoms with Gasteiger partial charge >= 0.3 is 5.97 Å². The number of esters is 1. The van der Waals surface area contributed by atoms with E-state index in [1.54, 1.807) is 0 Å². The topological polar surface area (TPSA) is 43.4 Å². The molecule has 0 radical (unpaired) electrons. The van der Waals surface area contributed by atoms with Crippen LogP contribution in [0.1, 0.15) is 75.7 Å². The number of carbonyl (C=O) groups excluding carboxylic acids is 2. The SMILES string of the molecule is CC(C)(CC(C)(C)C(=O)C(C)(C)C)OC(=O)C(C)(C)C. The minimum atomic E-state index is -0.658. The molecule has 0 saturated carbocycles. The first-order chi connectivity index (χ1) is 8.49. The highest BCUT2D eigenvalue weighted by atomic mass is 16.6. The van der Waals surface area contributed by atoms with E-state index in [0.717, 1.165) is 0 Å². The third-order valence-electron chi connectivity index (χ3n) is 3.14. The Morgan fingerprint density at radius 1 is 0.750 bits per heavy atom. The van der Waals surface area contributed by atoms with Crippen molar-refractivity contribution in [3.63, 3.8) is 0 Å². The lowest BCUT2D eigenvalue weighted by Gasteiger charge is -2.38. The Hall–Kier alpha value is -0.860. The van der Waals surface area contributed by atoms with Crippen LogP contribution in [0.2, 0.25) is 0 Å². The molecule has 20 heavy (non-hydrogen) atoms. The lowest BCUT2D eigenvalue weighted by atomic mass is 9.70. The lowest BCUT2D eigenvalue weighted by molar-refractivity contribution is -0.170. The summed E-state index contributed by atoms with van der Waals surface area (Å²) in [6, 6.07) is 0. The molecule has 3 heteroatoms. The van der Waals surface area contributed by atoms with E-state index in [0.29, 0.717) is 6.42 Å². The van der Waals surface area contributed by atoms with Crippen molar-refractivity contribution >= 4 is 11.8 Å². The van der Waals surface area contributed by atoms with Gasteiger partial charge in [-0.15, -0.1) is 0 Å². The van der Waals surface area contributed by atoms with E-state index in [1.807, 2.05) is 69.2 Å². The number of ether oxygens (including phenoxy) is 1. The summed E-state index contributed by atoms with van der Waals surface area (Å²) in [7, 11) is 0. The van der Waals surface area contributed by atoms with Crippen molar-refractivity contribution in [2.24, 2.45) is 16.2 Å². The fourth-order valence-electron chi connectivity index (χ4n) is 2.60. The molecule has 0 aliphatic heterocycles. The molecule has 0 saturated heterocycles. The van der Waals surface area contributed by atoms with Gasteiger partial charge in [-0.05, 0) is 41.0 Å². The predicted molar refractivity (Wildman–Crippen MR) is 82.5 cm³/mol. The zero-order valence-electron chi connectivity index (χ0n) is 14.9. The molecule has 0 fully saturated rings. The molecule has 3 nitrogen and oxygen atoms in total. The summed E-state index contributed by atoms with van der Waals surface area (Å²) < 4.78 is 5.61. The van der Waals surface area contributed by atoms with Gasteiger partial charge in [0.2, 0.25) is 0 Å². The first-order valence-corrected chi connectivity index (χ1v) is 7.27. The molecule has 0 unspecified atom stereocenters. The Bertz CT molecular complexity index is 376. The van der Waals surface area contributed by atoms with E-state index in [2.05, 4.69) is 0 Å². The van der Waals surface area contributed by atoms with Gasteiger partial charge in [0.05, 0.1) is 5.41 Å². The fourth-order valence-corrected chi connectivity index (χ4v) is 2.60. The number of hydrogen-bond donors (Lipinski definition) is 0. The molecule has 0 aromatic rings. The largest absolute Gasteiger partial charge is 0.459 e. The highest BCUT2D eigenvalue weighted by molar-refractivity contribution is 5.88. The highest BCUT2D eigenvalue weighted by Crippen LogP contribution is 2.37. The molecule has 0 aromatic heterocycles. The molecular weight excluding hydrogens is 252 g/mol. The Balaban J connectivity index is 5.01. The summed E-state index contributed by atoms with van der Waals surface area (Å²) in [6.45, 7) is 18.8. The monoisotopic (exact) mass is 284 g/mol. The zero-order valence-corrected chi connectivity index (χ0v) is 14.9. The molecule has 0 N–H and O–H groups in total. The van der Waals surface area contributed by atoms with Crippen LogP contribution in [0.15, 0.2) is 0 Å². The Kier molecular flexibility index (Phi) is 5.26. The first-order valence-electron chi connectivity index (χ1n) is 7.27. The summed E-state index contributed by atoms with van der Waals surface area (Å²) >= 11 is 0. The standard InChI is InChI=1S/C17H32O3/c1-14(2,3)12(18)16(7,8)11-17(9,10)20-13(19)15(4,5)6/h11H2,1-10H3. The van der Waals surface area contributed by atoms with E-state index in [4.69, 9.17) is 4.74 Å². The maximum Gasteiger partial charge on any atom is 0.311 e. The number of Topliss-reactive ketones (excluding diaryl/α,β-unsaturated/α-hetero) is 1. The third kappa shape index (κ3) is 5.64. The molecule has 0 bridgehead atoms. The smallest absolute Gasteiger partial charge is 0.311 e. The summed E-state index contributed by atoms with van der Waals surface area (Å²) in [4.78, 5) is 24.5. The minimum Gasteiger partial charge on any atom is -0.459 e. The number of hydrogen-bond acceptors (Lipinski definition) is 3. The minimum absolute atomic E-state index is 0.185. The van der Waals surface area contributed by atoms with E-state index >= 15 is 0 Å². The van der Waals surface area contributed by atoms with Crippen molar-refractivity contribution in [1.82, 2.24) is 0 Å². The quantitative estimate of drug-likeness (QED) is 0.719. The van der Waals surface area contributed by atoms with Gasteiger partial charge in [0.15, 0.2) is 0 Å². The van der Waals surface area contributed by atoms with Crippen molar-refractivity contribution in [2.45, 2.75) is 81.3 Å². The first kappa shape index (κ1) is 19.1. The van der Waals surface area contributed by atoms with Crippen molar-refractivity contribution in [3.8, 4) is 0 Å². The van der Waals surface area contributed by atoms with Gasteiger partial charge in [-0.2, -0.15) is 0 Å². The molecule has 0 amide bonds. The lowest BCUT2D eigenvalue weighted by Crippen LogP contribution is -2.43. The van der Waals surface area contributed by atoms with E-state index in [9.17, 15) is 9.59 Å². The van der Waals surface area contributed by atoms with Gasteiger partial charge in [-0.3, -0.25) is 9.59 Å². The van der Waals surface area contributed by atoms with Crippen LogP contribution in [0.25, 0.3) is 0 Å². The summed E-state index contributed by atoms with van der Waals surface area (Å²) in [6.07, 6.45) is 0.512. The van der Waals surface area contributed by atoms with Crippen molar-refractivity contribution in [2.75, 3.05) is 0 Å². The van der Waals surface area contributed by atoms with Gasteiger partial charge in [-0.25, -0.2) is 0 Å². The summed E-state index contributed by atoms with van der Waals surface area (Å²) in [5.41, 5.74) is -2.11. The molecule has 0 atom stereocenters. The molecule has 0 aliphatic carbocycles. The molecule has 0 heterocycles. The second kappa shape index (κ2) is 5.50. The van der Waals surface area contributed by atoms with Crippen LogP contribution in [0.4, 0.5) is 0 Å². The van der Waals surface area contributed by atoms with Crippen LogP contribution in [0.3, 0.4) is 0 Å². The fraction of sp³-hybridized carbons (Fsp3) is 0.882. The van der Waals surface area contributed by atoms with Crippen LogP contribution < -0.4 is 0 Å². The molecular formula is C17H32O3. The van der Waals surface area contributed by atoms with Crippen molar-refractivity contribution in [1.29, 1.82) is 0 Å². The van der Waals surface area contributed by atoms with Gasteiger partial charge < -0.3 is 4.74 Å². The predicted octanol–water partition coefficient (Wildman–Crippen LogP) is 4.39. The second-order valence-corrected chi connectivity index (χ2v) is 9.04. The third-order valence-corrected chi connectivity index (χ3v) is 3.14. The average Bonchev–Trinajstić information content (AvgIpc) is 2.10.